The molecule has 0 amide bonds. The molecule has 2 nitrogen and oxygen atoms in total. The molecule has 130 valence electrons. The predicted molar refractivity (Wildman–Crippen MR) is 97.5 cm³/mol. The first-order chi connectivity index (χ1) is 10.7. The van der Waals surface area contributed by atoms with E-state index in [-0.39, 0.29) is 0 Å². The highest BCUT2D eigenvalue weighted by Crippen LogP contribution is 2.41. The SMILES string of the molecule is CCCCC(CCCC)(C1CCCN1C(C)C)N1CCCC1. The normalized spacial score (nSPS) is 24.7. The summed E-state index contributed by atoms with van der Waals surface area (Å²) < 4.78 is 0. The lowest BCUT2D eigenvalue weighted by Crippen LogP contribution is -2.60. The lowest BCUT2D eigenvalue weighted by Gasteiger charge is -2.51. The maximum Gasteiger partial charge on any atom is 0.0364 e. The Labute approximate surface area is 139 Å². The maximum absolute atomic E-state index is 2.93. The molecule has 2 rings (SSSR count). The lowest BCUT2D eigenvalue weighted by molar-refractivity contribution is -0.00148. The van der Waals surface area contributed by atoms with Crippen LogP contribution in [0.3, 0.4) is 0 Å². The van der Waals surface area contributed by atoms with E-state index in [0.717, 1.165) is 6.04 Å². The van der Waals surface area contributed by atoms with Crippen LogP contribution in [0.2, 0.25) is 0 Å². The summed E-state index contributed by atoms with van der Waals surface area (Å²) >= 11 is 0. The summed E-state index contributed by atoms with van der Waals surface area (Å²) in [7, 11) is 0. The quantitative estimate of drug-likeness (QED) is 0.586. The molecule has 0 radical (unpaired) electrons. The highest BCUT2D eigenvalue weighted by molar-refractivity contribution is 5.05. The summed E-state index contributed by atoms with van der Waals surface area (Å²) in [5, 5.41) is 0. The van der Waals surface area contributed by atoms with Gasteiger partial charge in [-0.3, -0.25) is 9.80 Å². The Morgan fingerprint density at radius 3 is 2.00 bits per heavy atom. The van der Waals surface area contributed by atoms with Crippen LogP contribution in [-0.4, -0.2) is 47.1 Å². The van der Waals surface area contributed by atoms with Gasteiger partial charge in [0.15, 0.2) is 0 Å². The molecule has 0 aromatic rings. The molecule has 1 atom stereocenters. The molecule has 0 saturated carbocycles. The van der Waals surface area contributed by atoms with Crippen molar-refractivity contribution in [1.82, 2.24) is 9.80 Å². The van der Waals surface area contributed by atoms with Gasteiger partial charge in [0.2, 0.25) is 0 Å². The van der Waals surface area contributed by atoms with E-state index in [0.29, 0.717) is 11.6 Å². The second-order valence-corrected chi connectivity index (χ2v) is 7.99. The third-order valence-electron chi connectivity index (χ3n) is 6.24. The second-order valence-electron chi connectivity index (χ2n) is 7.99. The molecule has 0 N–H and O–H groups in total. The van der Waals surface area contributed by atoms with Gasteiger partial charge in [0.1, 0.15) is 0 Å². The summed E-state index contributed by atoms with van der Waals surface area (Å²) in [6.45, 7) is 13.6. The summed E-state index contributed by atoms with van der Waals surface area (Å²) in [4.78, 5) is 5.79. The zero-order chi connectivity index (χ0) is 16.0. The van der Waals surface area contributed by atoms with E-state index in [9.17, 15) is 0 Å². The van der Waals surface area contributed by atoms with Gasteiger partial charge in [0.25, 0.3) is 0 Å². The smallest absolute Gasteiger partial charge is 0.0364 e. The molecular weight excluding hydrogens is 268 g/mol. The largest absolute Gasteiger partial charge is 0.296 e. The highest BCUT2D eigenvalue weighted by Gasteiger charge is 2.47. The first-order valence-electron chi connectivity index (χ1n) is 10.2. The molecule has 0 aromatic heterocycles. The monoisotopic (exact) mass is 308 g/mol. The van der Waals surface area contributed by atoms with E-state index >= 15 is 0 Å². The number of hydrogen-bond acceptors (Lipinski definition) is 2. The maximum atomic E-state index is 2.93. The van der Waals surface area contributed by atoms with Gasteiger partial charge in [0, 0.05) is 17.6 Å². The molecule has 0 spiro atoms. The average Bonchev–Trinajstić information content (AvgIpc) is 3.19. The standard InChI is InChI=1S/C20H40N2/c1-5-7-13-20(14-8-6-2,21-15-9-10-16-21)19-12-11-17-22(19)18(3)4/h18-19H,5-17H2,1-4H3. The summed E-state index contributed by atoms with van der Waals surface area (Å²) in [6.07, 6.45) is 14.0. The van der Waals surface area contributed by atoms with Crippen molar-refractivity contribution in [2.75, 3.05) is 19.6 Å². The molecule has 1 unspecified atom stereocenters. The summed E-state index contributed by atoms with van der Waals surface area (Å²) in [5.41, 5.74) is 0.475. The van der Waals surface area contributed by atoms with Gasteiger partial charge in [-0.05, 0) is 72.0 Å². The number of likely N-dealkylation sites (tertiary alicyclic amines) is 2. The zero-order valence-corrected chi connectivity index (χ0v) is 15.7. The average molecular weight is 309 g/mol. The van der Waals surface area contributed by atoms with Crippen LogP contribution in [0, 0.1) is 0 Å². The van der Waals surface area contributed by atoms with E-state index in [1.165, 1.54) is 83.8 Å². The number of unbranched alkanes of at least 4 members (excludes halogenated alkanes) is 2. The molecule has 2 heteroatoms. The van der Waals surface area contributed by atoms with Crippen molar-refractivity contribution in [2.45, 2.75) is 110 Å². The van der Waals surface area contributed by atoms with Crippen LogP contribution < -0.4 is 0 Å². The van der Waals surface area contributed by atoms with Crippen molar-refractivity contribution in [3.05, 3.63) is 0 Å². The Bertz CT molecular complexity index is 299. The third-order valence-corrected chi connectivity index (χ3v) is 6.24. The van der Waals surface area contributed by atoms with E-state index in [1.54, 1.807) is 0 Å². The fourth-order valence-electron chi connectivity index (χ4n) is 5.10. The van der Waals surface area contributed by atoms with Gasteiger partial charge in [-0.2, -0.15) is 0 Å². The zero-order valence-electron chi connectivity index (χ0n) is 15.7. The van der Waals surface area contributed by atoms with Gasteiger partial charge < -0.3 is 0 Å². The fraction of sp³-hybridized carbons (Fsp3) is 1.00. The fourth-order valence-corrected chi connectivity index (χ4v) is 5.10. The van der Waals surface area contributed by atoms with Gasteiger partial charge in [-0.15, -0.1) is 0 Å². The molecular formula is C20H40N2. The van der Waals surface area contributed by atoms with E-state index in [2.05, 4.69) is 37.5 Å². The lowest BCUT2D eigenvalue weighted by atomic mass is 9.77. The Morgan fingerprint density at radius 2 is 1.50 bits per heavy atom. The molecule has 0 aromatic carbocycles. The molecule has 0 aliphatic carbocycles. The molecule has 2 saturated heterocycles. The number of nitrogens with zero attached hydrogens (tertiary/aromatic N) is 2. The van der Waals surface area contributed by atoms with Crippen LogP contribution in [0.15, 0.2) is 0 Å². The van der Waals surface area contributed by atoms with Crippen LogP contribution in [0.1, 0.15) is 91.9 Å². The van der Waals surface area contributed by atoms with Crippen LogP contribution in [0.25, 0.3) is 0 Å². The Kier molecular flexibility index (Phi) is 7.21. The molecule has 2 aliphatic heterocycles. The van der Waals surface area contributed by atoms with E-state index < -0.39 is 0 Å². The van der Waals surface area contributed by atoms with Crippen LogP contribution >= 0.6 is 0 Å². The van der Waals surface area contributed by atoms with Crippen molar-refractivity contribution < 1.29 is 0 Å². The molecule has 2 heterocycles. The van der Waals surface area contributed by atoms with E-state index in [1.807, 2.05) is 0 Å². The second kappa shape index (κ2) is 8.68. The summed E-state index contributed by atoms with van der Waals surface area (Å²) in [5.74, 6) is 0. The number of hydrogen-bond donors (Lipinski definition) is 0. The minimum absolute atomic E-state index is 0.475. The van der Waals surface area contributed by atoms with Crippen molar-refractivity contribution in [2.24, 2.45) is 0 Å². The Balaban J connectivity index is 2.27. The van der Waals surface area contributed by atoms with Crippen molar-refractivity contribution in [3.63, 3.8) is 0 Å². The van der Waals surface area contributed by atoms with Crippen molar-refractivity contribution in [1.29, 1.82) is 0 Å². The Morgan fingerprint density at radius 1 is 0.909 bits per heavy atom. The minimum atomic E-state index is 0.475. The minimum Gasteiger partial charge on any atom is -0.296 e. The Hall–Kier alpha value is -0.0800. The van der Waals surface area contributed by atoms with Gasteiger partial charge in [0.05, 0.1) is 0 Å². The van der Waals surface area contributed by atoms with Crippen molar-refractivity contribution in [3.8, 4) is 0 Å². The van der Waals surface area contributed by atoms with Crippen LogP contribution in [0.5, 0.6) is 0 Å². The highest BCUT2D eigenvalue weighted by atomic mass is 15.3. The number of rotatable bonds is 9. The first-order valence-corrected chi connectivity index (χ1v) is 10.2. The third kappa shape index (κ3) is 3.87. The van der Waals surface area contributed by atoms with Gasteiger partial charge in [-0.25, -0.2) is 0 Å². The molecule has 2 aliphatic rings. The molecule has 22 heavy (non-hydrogen) atoms. The molecule has 2 fully saturated rings. The molecule has 0 bridgehead atoms. The van der Waals surface area contributed by atoms with Crippen LogP contribution in [0.4, 0.5) is 0 Å². The van der Waals surface area contributed by atoms with Crippen LogP contribution in [-0.2, 0) is 0 Å². The first kappa shape index (κ1) is 18.3. The summed E-state index contributed by atoms with van der Waals surface area (Å²) in [6, 6.07) is 1.52. The van der Waals surface area contributed by atoms with Crippen molar-refractivity contribution >= 4 is 0 Å². The van der Waals surface area contributed by atoms with Gasteiger partial charge >= 0.3 is 0 Å². The van der Waals surface area contributed by atoms with E-state index in [4.69, 9.17) is 0 Å². The topological polar surface area (TPSA) is 6.48 Å². The van der Waals surface area contributed by atoms with Gasteiger partial charge in [-0.1, -0.05) is 39.5 Å². The predicted octanol–water partition coefficient (Wildman–Crippen LogP) is 5.07.